The zero-order valence-electron chi connectivity index (χ0n) is 5.72. The Morgan fingerprint density at radius 2 is 2.22 bits per heavy atom. The van der Waals surface area contributed by atoms with E-state index in [9.17, 15) is 9.90 Å². The molecule has 53 valence electrons. The number of ether oxygens (including phenoxy) is 1. The van der Waals surface area contributed by atoms with Gasteiger partial charge in [0.2, 0.25) is 0 Å². The molecule has 0 bridgehead atoms. The van der Waals surface area contributed by atoms with Gasteiger partial charge in [0.1, 0.15) is 0 Å². The lowest BCUT2D eigenvalue weighted by Gasteiger charge is -2.04. The van der Waals surface area contributed by atoms with Gasteiger partial charge in [0.05, 0.1) is 19.6 Å². The highest BCUT2D eigenvalue weighted by molar-refractivity contribution is 5.71. The summed E-state index contributed by atoms with van der Waals surface area (Å²) in [6.07, 6.45) is 0.368. The van der Waals surface area contributed by atoms with Crippen molar-refractivity contribution < 1.29 is 14.6 Å². The van der Waals surface area contributed by atoms with E-state index in [0.717, 1.165) is 0 Å². The van der Waals surface area contributed by atoms with Crippen LogP contribution in [0.3, 0.4) is 0 Å². The SMILES string of the molecule is COC(=O)C(C)CC[O]. The lowest BCUT2D eigenvalue weighted by molar-refractivity contribution is -0.145. The maximum absolute atomic E-state index is 10.5. The van der Waals surface area contributed by atoms with Gasteiger partial charge in [-0.05, 0) is 6.42 Å². The third kappa shape index (κ3) is 3.08. The standard InChI is InChI=1S/C6H11O3/c1-5(3-4-7)6(8)9-2/h5H,3-4H2,1-2H3. The lowest BCUT2D eigenvalue weighted by Crippen LogP contribution is -2.13. The topological polar surface area (TPSA) is 46.2 Å². The van der Waals surface area contributed by atoms with Gasteiger partial charge in [0.15, 0.2) is 0 Å². The van der Waals surface area contributed by atoms with Crippen LogP contribution in [-0.2, 0) is 14.6 Å². The molecule has 0 aromatic carbocycles. The summed E-state index contributed by atoms with van der Waals surface area (Å²) in [5, 5.41) is 9.95. The first kappa shape index (κ1) is 8.43. The summed E-state index contributed by atoms with van der Waals surface area (Å²) < 4.78 is 4.39. The molecule has 0 N–H and O–H groups in total. The van der Waals surface area contributed by atoms with E-state index in [2.05, 4.69) is 4.74 Å². The maximum Gasteiger partial charge on any atom is 0.308 e. The zero-order chi connectivity index (χ0) is 7.28. The second-order valence-corrected chi connectivity index (χ2v) is 1.92. The summed E-state index contributed by atoms with van der Waals surface area (Å²) in [5.74, 6) is -0.543. The Morgan fingerprint density at radius 3 is 2.56 bits per heavy atom. The van der Waals surface area contributed by atoms with Crippen LogP contribution in [0.25, 0.3) is 0 Å². The second-order valence-electron chi connectivity index (χ2n) is 1.92. The molecule has 1 atom stereocenters. The highest BCUT2D eigenvalue weighted by Gasteiger charge is 2.11. The molecular formula is C6H11O3. The van der Waals surface area contributed by atoms with Gasteiger partial charge in [-0.2, -0.15) is 0 Å². The predicted octanol–water partition coefficient (Wildman–Crippen LogP) is 0.616. The van der Waals surface area contributed by atoms with Crippen molar-refractivity contribution in [2.24, 2.45) is 5.92 Å². The van der Waals surface area contributed by atoms with Gasteiger partial charge >= 0.3 is 5.97 Å². The fourth-order valence-corrected chi connectivity index (χ4v) is 0.496. The Balaban J connectivity index is 3.45. The number of hydrogen-bond donors (Lipinski definition) is 0. The molecular weight excluding hydrogens is 120 g/mol. The second kappa shape index (κ2) is 4.32. The van der Waals surface area contributed by atoms with Crippen LogP contribution in [0.5, 0.6) is 0 Å². The molecule has 0 aliphatic carbocycles. The third-order valence-corrected chi connectivity index (χ3v) is 1.15. The van der Waals surface area contributed by atoms with E-state index in [0.29, 0.717) is 6.42 Å². The minimum atomic E-state index is -0.300. The molecule has 0 aromatic heterocycles. The van der Waals surface area contributed by atoms with Crippen molar-refractivity contribution in [1.82, 2.24) is 0 Å². The van der Waals surface area contributed by atoms with Crippen molar-refractivity contribution in [3.63, 3.8) is 0 Å². The number of carbonyl (C=O) groups is 1. The molecule has 0 spiro atoms. The van der Waals surface area contributed by atoms with E-state index in [4.69, 9.17) is 0 Å². The van der Waals surface area contributed by atoms with Gasteiger partial charge < -0.3 is 4.74 Å². The molecule has 0 heterocycles. The van der Waals surface area contributed by atoms with Crippen LogP contribution in [0.2, 0.25) is 0 Å². The molecule has 3 nitrogen and oxygen atoms in total. The van der Waals surface area contributed by atoms with Crippen LogP contribution in [0, 0.1) is 5.92 Å². The normalized spacial score (nSPS) is 12.8. The average Bonchev–Trinajstić information content (AvgIpc) is 1.87. The summed E-state index contributed by atoms with van der Waals surface area (Å²) in [4.78, 5) is 10.5. The fourth-order valence-electron chi connectivity index (χ4n) is 0.496. The Bertz CT molecular complexity index is 90.3. The van der Waals surface area contributed by atoms with Gasteiger partial charge in [-0.25, -0.2) is 5.11 Å². The van der Waals surface area contributed by atoms with Gasteiger partial charge in [0, 0.05) is 0 Å². The van der Waals surface area contributed by atoms with Crippen molar-refractivity contribution in [2.45, 2.75) is 13.3 Å². The summed E-state index contributed by atoms with van der Waals surface area (Å²) in [6.45, 7) is 1.47. The average molecular weight is 131 g/mol. The highest BCUT2D eigenvalue weighted by Crippen LogP contribution is 2.01. The molecule has 3 heteroatoms. The molecule has 0 rings (SSSR count). The van der Waals surface area contributed by atoms with Gasteiger partial charge in [-0.1, -0.05) is 6.92 Å². The maximum atomic E-state index is 10.5. The van der Waals surface area contributed by atoms with Crippen LogP contribution in [0.15, 0.2) is 0 Å². The molecule has 0 aromatic rings. The summed E-state index contributed by atoms with van der Waals surface area (Å²) >= 11 is 0. The molecule has 9 heavy (non-hydrogen) atoms. The van der Waals surface area contributed by atoms with E-state index in [1.165, 1.54) is 7.11 Å². The van der Waals surface area contributed by atoms with Gasteiger partial charge in [0.25, 0.3) is 0 Å². The predicted molar refractivity (Wildman–Crippen MR) is 31.4 cm³/mol. The molecule has 0 aliphatic heterocycles. The fraction of sp³-hybridized carbons (Fsp3) is 0.833. The summed E-state index contributed by atoms with van der Waals surface area (Å²) in [7, 11) is 1.32. The van der Waals surface area contributed by atoms with Crippen LogP contribution >= 0.6 is 0 Å². The minimum Gasteiger partial charge on any atom is -0.469 e. The van der Waals surface area contributed by atoms with E-state index < -0.39 is 0 Å². The number of hydrogen-bond acceptors (Lipinski definition) is 2. The molecule has 0 fully saturated rings. The Hall–Kier alpha value is -0.570. The first-order valence-electron chi connectivity index (χ1n) is 2.88. The number of rotatable bonds is 3. The van der Waals surface area contributed by atoms with Gasteiger partial charge in [-0.15, -0.1) is 0 Å². The molecule has 0 aliphatic rings. The number of methoxy groups -OCH3 is 1. The number of carbonyl (C=O) groups excluding carboxylic acids is 1. The Labute approximate surface area is 54.6 Å². The minimum absolute atomic E-state index is 0.212. The lowest BCUT2D eigenvalue weighted by atomic mass is 10.1. The van der Waals surface area contributed by atoms with Crippen molar-refractivity contribution in [2.75, 3.05) is 13.7 Å². The smallest absolute Gasteiger partial charge is 0.308 e. The van der Waals surface area contributed by atoms with E-state index in [1.807, 2.05) is 0 Å². The highest BCUT2D eigenvalue weighted by atomic mass is 16.5. The number of esters is 1. The molecule has 1 unspecified atom stereocenters. The first-order valence-corrected chi connectivity index (χ1v) is 2.88. The van der Waals surface area contributed by atoms with Crippen molar-refractivity contribution in [3.05, 3.63) is 0 Å². The van der Waals surface area contributed by atoms with Crippen LogP contribution in [0.4, 0.5) is 0 Å². The molecule has 0 amide bonds. The van der Waals surface area contributed by atoms with Crippen molar-refractivity contribution >= 4 is 5.97 Å². The molecule has 1 radical (unpaired) electrons. The molecule has 0 saturated heterocycles. The molecule has 0 saturated carbocycles. The summed E-state index contributed by atoms with van der Waals surface area (Å²) in [5.41, 5.74) is 0. The zero-order valence-corrected chi connectivity index (χ0v) is 5.72. The van der Waals surface area contributed by atoms with Crippen molar-refractivity contribution in [3.8, 4) is 0 Å². The Morgan fingerprint density at radius 1 is 1.67 bits per heavy atom. The Kier molecular flexibility index (Phi) is 4.05. The van der Waals surface area contributed by atoms with Crippen molar-refractivity contribution in [1.29, 1.82) is 0 Å². The van der Waals surface area contributed by atoms with Gasteiger partial charge in [-0.3, -0.25) is 4.79 Å². The quantitative estimate of drug-likeness (QED) is 0.527. The van der Waals surface area contributed by atoms with E-state index in [-0.39, 0.29) is 18.5 Å². The summed E-state index contributed by atoms with van der Waals surface area (Å²) in [6, 6.07) is 0. The monoisotopic (exact) mass is 131 g/mol. The van der Waals surface area contributed by atoms with Crippen LogP contribution in [-0.4, -0.2) is 19.7 Å². The van der Waals surface area contributed by atoms with Crippen LogP contribution in [0.1, 0.15) is 13.3 Å². The van der Waals surface area contributed by atoms with E-state index in [1.54, 1.807) is 6.92 Å². The largest absolute Gasteiger partial charge is 0.469 e. The first-order chi connectivity index (χ1) is 4.22. The van der Waals surface area contributed by atoms with Crippen LogP contribution < -0.4 is 0 Å². The van der Waals surface area contributed by atoms with E-state index >= 15 is 0 Å². The third-order valence-electron chi connectivity index (χ3n) is 1.15.